The van der Waals surface area contributed by atoms with Crippen LogP contribution in [0.15, 0.2) is 0 Å². The lowest BCUT2D eigenvalue weighted by atomic mass is 9.99. The fourth-order valence-electron chi connectivity index (χ4n) is 1.98. The second kappa shape index (κ2) is 7.49. The van der Waals surface area contributed by atoms with Gasteiger partial charge >= 0.3 is 0 Å². The third-order valence-electron chi connectivity index (χ3n) is 3.09. The average Bonchev–Trinajstić information content (AvgIpc) is 2.37. The molecule has 0 aliphatic carbocycles. The number of hydrogen-bond acceptors (Lipinski definition) is 7. The van der Waals surface area contributed by atoms with Crippen molar-refractivity contribution < 1.29 is 24.1 Å². The van der Waals surface area contributed by atoms with Crippen LogP contribution in [0.2, 0.25) is 0 Å². The second-order valence-corrected chi connectivity index (χ2v) is 5.22. The van der Waals surface area contributed by atoms with Crippen LogP contribution in [-0.2, 0) is 18.9 Å². The van der Waals surface area contributed by atoms with Gasteiger partial charge in [-0.25, -0.2) is 0 Å². The van der Waals surface area contributed by atoms with E-state index in [4.69, 9.17) is 35.5 Å². The molecule has 7 nitrogen and oxygen atoms in total. The largest absolute Gasteiger partial charge is 0.395 e. The SMILES string of the molecule is COCO[C@@H](C[C@@H]1OC(C)(C)OC[C@H]1N)[C@H](N)CO. The Morgan fingerprint density at radius 1 is 1.47 bits per heavy atom. The van der Waals surface area contributed by atoms with Crippen LogP contribution in [0, 0.1) is 0 Å². The van der Waals surface area contributed by atoms with Crippen molar-refractivity contribution in [3.8, 4) is 0 Å². The molecule has 1 heterocycles. The van der Waals surface area contributed by atoms with Gasteiger partial charge in [-0.05, 0) is 13.8 Å². The molecule has 0 bridgehead atoms. The molecule has 4 atom stereocenters. The molecule has 1 rings (SSSR count). The van der Waals surface area contributed by atoms with Gasteiger partial charge in [0.1, 0.15) is 6.79 Å². The maximum atomic E-state index is 9.16. The highest BCUT2D eigenvalue weighted by molar-refractivity contribution is 4.85. The monoisotopic (exact) mass is 278 g/mol. The van der Waals surface area contributed by atoms with E-state index in [2.05, 4.69) is 0 Å². The minimum absolute atomic E-state index is 0.111. The van der Waals surface area contributed by atoms with E-state index in [0.717, 1.165) is 0 Å². The van der Waals surface area contributed by atoms with Crippen LogP contribution in [0.5, 0.6) is 0 Å². The fourth-order valence-corrected chi connectivity index (χ4v) is 1.98. The molecule has 1 saturated heterocycles. The van der Waals surface area contributed by atoms with Crippen molar-refractivity contribution in [3.05, 3.63) is 0 Å². The number of methoxy groups -OCH3 is 1. The van der Waals surface area contributed by atoms with Gasteiger partial charge in [0.15, 0.2) is 5.79 Å². The highest BCUT2D eigenvalue weighted by Crippen LogP contribution is 2.25. The quantitative estimate of drug-likeness (QED) is 0.521. The lowest BCUT2D eigenvalue weighted by Gasteiger charge is -2.41. The molecule has 0 aromatic heterocycles. The average molecular weight is 278 g/mol. The number of aliphatic hydroxyl groups excluding tert-OH is 1. The molecule has 0 saturated carbocycles. The molecule has 114 valence electrons. The van der Waals surface area contributed by atoms with Gasteiger partial charge in [0, 0.05) is 13.5 Å². The van der Waals surface area contributed by atoms with E-state index in [1.165, 1.54) is 7.11 Å². The van der Waals surface area contributed by atoms with Crippen molar-refractivity contribution in [1.82, 2.24) is 0 Å². The zero-order valence-corrected chi connectivity index (χ0v) is 11.9. The Hall–Kier alpha value is -0.280. The summed E-state index contributed by atoms with van der Waals surface area (Å²) in [6.07, 6.45) is -0.128. The number of rotatable bonds is 7. The van der Waals surface area contributed by atoms with Gasteiger partial charge in [0.05, 0.1) is 37.5 Å². The van der Waals surface area contributed by atoms with Crippen molar-refractivity contribution in [2.75, 3.05) is 27.1 Å². The first kappa shape index (κ1) is 16.8. The normalized spacial score (nSPS) is 30.0. The first-order valence-electron chi connectivity index (χ1n) is 6.44. The topological polar surface area (TPSA) is 109 Å². The Morgan fingerprint density at radius 3 is 2.74 bits per heavy atom. The van der Waals surface area contributed by atoms with Crippen LogP contribution < -0.4 is 11.5 Å². The molecule has 0 radical (unpaired) electrons. The van der Waals surface area contributed by atoms with Crippen LogP contribution in [0.4, 0.5) is 0 Å². The van der Waals surface area contributed by atoms with Crippen LogP contribution in [-0.4, -0.2) is 62.3 Å². The van der Waals surface area contributed by atoms with Crippen molar-refractivity contribution in [3.63, 3.8) is 0 Å². The number of nitrogens with two attached hydrogens (primary N) is 2. The van der Waals surface area contributed by atoms with Crippen molar-refractivity contribution in [2.45, 2.75) is 50.3 Å². The predicted molar refractivity (Wildman–Crippen MR) is 69.3 cm³/mol. The summed E-state index contributed by atoms with van der Waals surface area (Å²) in [6.45, 7) is 4.03. The molecule has 0 aromatic rings. The molecule has 0 amide bonds. The summed E-state index contributed by atoms with van der Waals surface area (Å²) in [5.74, 6) is -0.671. The summed E-state index contributed by atoms with van der Waals surface area (Å²) in [5, 5.41) is 9.16. The number of aliphatic hydroxyl groups is 1. The zero-order valence-electron chi connectivity index (χ0n) is 11.9. The lowest BCUT2D eigenvalue weighted by molar-refractivity contribution is -0.284. The molecular weight excluding hydrogens is 252 g/mol. The smallest absolute Gasteiger partial charge is 0.163 e. The summed E-state index contributed by atoms with van der Waals surface area (Å²) < 4.78 is 21.6. The van der Waals surface area contributed by atoms with Crippen molar-refractivity contribution >= 4 is 0 Å². The highest BCUT2D eigenvalue weighted by Gasteiger charge is 2.37. The second-order valence-electron chi connectivity index (χ2n) is 5.22. The molecule has 0 unspecified atom stereocenters. The van der Waals surface area contributed by atoms with Crippen LogP contribution in [0.25, 0.3) is 0 Å². The van der Waals surface area contributed by atoms with E-state index < -0.39 is 11.8 Å². The molecule has 1 aliphatic heterocycles. The minimum Gasteiger partial charge on any atom is -0.395 e. The Bertz CT molecular complexity index is 265. The summed E-state index contributed by atoms with van der Waals surface area (Å²) in [4.78, 5) is 0. The minimum atomic E-state index is -0.671. The van der Waals surface area contributed by atoms with Gasteiger partial charge in [-0.2, -0.15) is 0 Å². The molecule has 19 heavy (non-hydrogen) atoms. The first-order chi connectivity index (χ1) is 8.89. The van der Waals surface area contributed by atoms with Crippen molar-refractivity contribution in [1.29, 1.82) is 0 Å². The van der Waals surface area contributed by atoms with E-state index in [9.17, 15) is 0 Å². The molecule has 1 aliphatic rings. The molecular formula is C12H26N2O5. The molecule has 5 N–H and O–H groups in total. The van der Waals surface area contributed by atoms with E-state index in [0.29, 0.717) is 13.0 Å². The Balaban J connectivity index is 2.60. The van der Waals surface area contributed by atoms with Gasteiger partial charge in [0.2, 0.25) is 0 Å². The Morgan fingerprint density at radius 2 is 2.16 bits per heavy atom. The van der Waals surface area contributed by atoms with Gasteiger partial charge in [-0.3, -0.25) is 0 Å². The summed E-state index contributed by atoms with van der Waals surface area (Å²) in [6, 6.07) is -0.746. The molecule has 7 heteroatoms. The fraction of sp³-hybridized carbons (Fsp3) is 1.00. The van der Waals surface area contributed by atoms with E-state index in [1.54, 1.807) is 0 Å². The molecule has 0 aromatic carbocycles. The predicted octanol–water partition coefficient (Wildman–Crippen LogP) is -0.836. The van der Waals surface area contributed by atoms with Gasteiger partial charge in [0.25, 0.3) is 0 Å². The Labute approximate surface area is 114 Å². The van der Waals surface area contributed by atoms with E-state index in [1.807, 2.05) is 13.8 Å². The van der Waals surface area contributed by atoms with E-state index in [-0.39, 0.29) is 31.6 Å². The van der Waals surface area contributed by atoms with Crippen molar-refractivity contribution in [2.24, 2.45) is 11.5 Å². The maximum absolute atomic E-state index is 9.16. The maximum Gasteiger partial charge on any atom is 0.163 e. The lowest BCUT2D eigenvalue weighted by Crippen LogP contribution is -2.55. The van der Waals surface area contributed by atoms with Gasteiger partial charge < -0.3 is 35.5 Å². The number of hydrogen-bond donors (Lipinski definition) is 3. The highest BCUT2D eigenvalue weighted by atomic mass is 16.7. The number of ether oxygens (including phenoxy) is 4. The third-order valence-corrected chi connectivity index (χ3v) is 3.09. The van der Waals surface area contributed by atoms with Crippen LogP contribution >= 0.6 is 0 Å². The van der Waals surface area contributed by atoms with Gasteiger partial charge in [-0.15, -0.1) is 0 Å². The molecule has 1 fully saturated rings. The third kappa shape index (κ3) is 5.31. The standard InChI is InChI=1S/C12H26N2O5/c1-12(2)18-6-9(14)11(19-12)4-10(8(13)5-15)17-7-16-3/h8-11,15H,4-7,13-14H2,1-3H3/t8-,9-,10+,11+/m1/s1. The zero-order chi connectivity index (χ0) is 14.5. The molecule has 0 spiro atoms. The first-order valence-corrected chi connectivity index (χ1v) is 6.44. The van der Waals surface area contributed by atoms with Crippen LogP contribution in [0.3, 0.4) is 0 Å². The Kier molecular flexibility index (Phi) is 6.61. The summed E-state index contributed by atoms with van der Waals surface area (Å²) >= 11 is 0. The van der Waals surface area contributed by atoms with E-state index >= 15 is 0 Å². The summed E-state index contributed by atoms with van der Waals surface area (Å²) in [5.41, 5.74) is 11.8. The van der Waals surface area contributed by atoms with Gasteiger partial charge in [-0.1, -0.05) is 0 Å². The summed E-state index contributed by atoms with van der Waals surface area (Å²) in [7, 11) is 1.53. The van der Waals surface area contributed by atoms with Crippen LogP contribution in [0.1, 0.15) is 20.3 Å².